The fourth-order valence-corrected chi connectivity index (χ4v) is 4.74. The molecule has 0 amide bonds. The lowest BCUT2D eigenvalue weighted by molar-refractivity contribution is -0.144. The van der Waals surface area contributed by atoms with Crippen molar-refractivity contribution in [1.29, 1.82) is 0 Å². The number of ether oxygens (including phenoxy) is 1. The average molecular weight is 336 g/mol. The highest BCUT2D eigenvalue weighted by atomic mass is 32.2. The van der Waals surface area contributed by atoms with E-state index < -0.39 is 0 Å². The van der Waals surface area contributed by atoms with Gasteiger partial charge in [0.15, 0.2) is 0 Å². The molecule has 22 heavy (non-hydrogen) atoms. The van der Waals surface area contributed by atoms with Crippen LogP contribution in [0.15, 0.2) is 11.4 Å². The molecule has 118 valence electrons. The number of hydrogen-bond donors (Lipinski definition) is 0. The lowest BCUT2D eigenvalue weighted by Crippen LogP contribution is -2.15. The zero-order chi connectivity index (χ0) is 15.5. The fraction of sp³-hybridized carbons (Fsp3) is 0.562. The molecule has 0 unspecified atom stereocenters. The van der Waals surface area contributed by atoms with Gasteiger partial charge < -0.3 is 4.74 Å². The van der Waals surface area contributed by atoms with Gasteiger partial charge in [-0.15, -0.1) is 11.3 Å². The Balaban J connectivity index is 1.79. The van der Waals surface area contributed by atoms with Crippen LogP contribution in [0.3, 0.4) is 0 Å². The summed E-state index contributed by atoms with van der Waals surface area (Å²) < 4.78 is 5.33. The number of hydrogen-bond acceptors (Lipinski definition) is 6. The molecular weight excluding hydrogens is 316 g/mol. The molecule has 4 nitrogen and oxygen atoms in total. The van der Waals surface area contributed by atoms with Crippen LogP contribution >= 0.6 is 23.1 Å². The zero-order valence-electron chi connectivity index (χ0n) is 12.9. The lowest BCUT2D eigenvalue weighted by atomic mass is 9.97. The number of nitrogens with zero attached hydrogens (tertiary/aromatic N) is 2. The van der Waals surface area contributed by atoms with Gasteiger partial charge in [-0.05, 0) is 44.6 Å². The highest BCUT2D eigenvalue weighted by molar-refractivity contribution is 8.00. The molecule has 0 aliphatic heterocycles. The molecule has 0 aromatic carbocycles. The van der Waals surface area contributed by atoms with Crippen LogP contribution in [-0.2, 0) is 22.4 Å². The number of carbonyl (C=O) groups excluding carboxylic acids is 1. The number of esters is 1. The number of carbonyl (C=O) groups is 1. The van der Waals surface area contributed by atoms with Crippen LogP contribution in [0.5, 0.6) is 0 Å². The van der Waals surface area contributed by atoms with Crippen molar-refractivity contribution in [3.8, 4) is 0 Å². The normalized spacial score (nSPS) is 15.5. The molecule has 0 spiro atoms. The number of rotatable bonds is 5. The SMILES string of the molecule is CC[C@H](C)OC(=O)CSc1ncnc2sc3c(c12)CCCC3. The maximum Gasteiger partial charge on any atom is 0.316 e. The summed E-state index contributed by atoms with van der Waals surface area (Å²) in [6.07, 6.45) is 7.17. The van der Waals surface area contributed by atoms with Crippen LogP contribution in [-0.4, -0.2) is 27.8 Å². The van der Waals surface area contributed by atoms with Crippen LogP contribution in [0.4, 0.5) is 0 Å². The Hall–Kier alpha value is -1.14. The number of aromatic nitrogens is 2. The fourth-order valence-electron chi connectivity index (χ4n) is 2.64. The summed E-state index contributed by atoms with van der Waals surface area (Å²) in [5, 5.41) is 2.09. The maximum absolute atomic E-state index is 11.9. The summed E-state index contributed by atoms with van der Waals surface area (Å²) in [5.41, 5.74) is 1.41. The third kappa shape index (κ3) is 3.27. The van der Waals surface area contributed by atoms with E-state index in [1.165, 1.54) is 40.4 Å². The number of fused-ring (bicyclic) bond motifs is 3. The second-order valence-electron chi connectivity index (χ2n) is 5.57. The molecule has 2 aromatic heterocycles. The molecule has 1 atom stereocenters. The van der Waals surface area contributed by atoms with Crippen LogP contribution in [0.25, 0.3) is 10.2 Å². The molecule has 0 fully saturated rings. The van der Waals surface area contributed by atoms with Crippen molar-refractivity contribution in [1.82, 2.24) is 9.97 Å². The Bertz CT molecular complexity index is 684. The molecule has 3 rings (SSSR count). The topological polar surface area (TPSA) is 52.1 Å². The summed E-state index contributed by atoms with van der Waals surface area (Å²) >= 11 is 3.25. The summed E-state index contributed by atoms with van der Waals surface area (Å²) in [6, 6.07) is 0. The first-order chi connectivity index (χ1) is 10.7. The second-order valence-corrected chi connectivity index (χ2v) is 7.61. The van der Waals surface area contributed by atoms with Crippen LogP contribution in [0, 0.1) is 0 Å². The van der Waals surface area contributed by atoms with Gasteiger partial charge in [0, 0.05) is 10.3 Å². The standard InChI is InChI=1S/C16H20N2O2S2/c1-3-10(2)20-13(19)8-21-15-14-11-6-4-5-7-12(11)22-16(14)18-9-17-15/h9-10H,3-8H2,1-2H3/t10-/m0/s1. The van der Waals surface area contributed by atoms with E-state index in [4.69, 9.17) is 4.74 Å². The molecule has 0 radical (unpaired) electrons. The first kappa shape index (κ1) is 15.7. The molecule has 0 saturated heterocycles. The Morgan fingerprint density at radius 2 is 2.23 bits per heavy atom. The lowest BCUT2D eigenvalue weighted by Gasteiger charge is -2.12. The predicted octanol–water partition coefficient (Wildman–Crippen LogP) is 4.00. The number of thioether (sulfide) groups is 1. The minimum absolute atomic E-state index is 0.0209. The molecule has 1 aliphatic carbocycles. The van der Waals surface area contributed by atoms with Gasteiger partial charge in [-0.3, -0.25) is 4.79 Å². The molecule has 2 aromatic rings. The second kappa shape index (κ2) is 6.96. The van der Waals surface area contributed by atoms with Gasteiger partial charge in [-0.25, -0.2) is 9.97 Å². The molecule has 0 saturated carbocycles. The van der Waals surface area contributed by atoms with Crippen molar-refractivity contribution >= 4 is 39.3 Å². The maximum atomic E-state index is 11.9. The van der Waals surface area contributed by atoms with E-state index in [0.29, 0.717) is 5.75 Å². The van der Waals surface area contributed by atoms with Crippen molar-refractivity contribution < 1.29 is 9.53 Å². The summed E-state index contributed by atoms with van der Waals surface area (Å²) in [6.45, 7) is 3.93. The quantitative estimate of drug-likeness (QED) is 0.469. The molecule has 0 N–H and O–H groups in total. The van der Waals surface area contributed by atoms with Crippen LogP contribution in [0.2, 0.25) is 0 Å². The van der Waals surface area contributed by atoms with Crippen molar-refractivity contribution in [2.75, 3.05) is 5.75 Å². The molecule has 1 aliphatic rings. The van der Waals surface area contributed by atoms with E-state index in [2.05, 4.69) is 9.97 Å². The molecule has 0 bridgehead atoms. The van der Waals surface area contributed by atoms with Gasteiger partial charge in [0.1, 0.15) is 16.2 Å². The highest BCUT2D eigenvalue weighted by Gasteiger charge is 2.20. The van der Waals surface area contributed by atoms with Gasteiger partial charge in [0.25, 0.3) is 0 Å². The average Bonchev–Trinajstić information content (AvgIpc) is 2.91. The zero-order valence-corrected chi connectivity index (χ0v) is 14.6. The molecular formula is C16H20N2O2S2. The first-order valence-corrected chi connectivity index (χ1v) is 9.56. The Morgan fingerprint density at radius 3 is 3.05 bits per heavy atom. The van der Waals surface area contributed by atoms with Gasteiger partial charge in [-0.1, -0.05) is 18.7 Å². The predicted molar refractivity (Wildman–Crippen MR) is 90.6 cm³/mol. The van der Waals surface area contributed by atoms with Crippen molar-refractivity contribution in [2.45, 2.75) is 57.1 Å². The first-order valence-electron chi connectivity index (χ1n) is 7.76. The van der Waals surface area contributed by atoms with E-state index in [9.17, 15) is 4.79 Å². The van der Waals surface area contributed by atoms with E-state index in [1.807, 2.05) is 13.8 Å². The highest BCUT2D eigenvalue weighted by Crippen LogP contribution is 2.39. The van der Waals surface area contributed by atoms with E-state index >= 15 is 0 Å². The summed E-state index contributed by atoms with van der Waals surface area (Å²) in [5.74, 6) is 0.136. The molecule has 2 heterocycles. The molecule has 6 heteroatoms. The Morgan fingerprint density at radius 1 is 1.41 bits per heavy atom. The number of aryl methyl sites for hydroxylation is 2. The summed E-state index contributed by atoms with van der Waals surface area (Å²) in [4.78, 5) is 23.2. The van der Waals surface area contributed by atoms with Gasteiger partial charge >= 0.3 is 5.97 Å². The smallest absolute Gasteiger partial charge is 0.316 e. The van der Waals surface area contributed by atoms with Gasteiger partial charge in [0.05, 0.1) is 11.9 Å². The number of thiophene rings is 1. The van der Waals surface area contributed by atoms with Crippen LogP contribution < -0.4 is 0 Å². The van der Waals surface area contributed by atoms with Crippen LogP contribution in [0.1, 0.15) is 43.6 Å². The largest absolute Gasteiger partial charge is 0.462 e. The van der Waals surface area contributed by atoms with Crippen molar-refractivity contribution in [3.63, 3.8) is 0 Å². The minimum Gasteiger partial charge on any atom is -0.462 e. The van der Waals surface area contributed by atoms with Crippen molar-refractivity contribution in [3.05, 3.63) is 16.8 Å². The van der Waals surface area contributed by atoms with E-state index in [-0.39, 0.29) is 12.1 Å². The minimum atomic E-state index is -0.171. The summed E-state index contributed by atoms with van der Waals surface area (Å²) in [7, 11) is 0. The van der Waals surface area contributed by atoms with E-state index in [1.54, 1.807) is 17.7 Å². The van der Waals surface area contributed by atoms with Gasteiger partial charge in [0.2, 0.25) is 0 Å². The van der Waals surface area contributed by atoms with Crippen molar-refractivity contribution in [2.24, 2.45) is 0 Å². The third-order valence-electron chi connectivity index (χ3n) is 3.95. The Labute approximate surface area is 138 Å². The monoisotopic (exact) mass is 336 g/mol. The third-order valence-corrected chi connectivity index (χ3v) is 6.11. The Kier molecular flexibility index (Phi) is 4.98. The van der Waals surface area contributed by atoms with E-state index in [0.717, 1.165) is 29.1 Å². The van der Waals surface area contributed by atoms with Gasteiger partial charge in [-0.2, -0.15) is 0 Å².